The molecule has 0 amide bonds. The second-order valence-electron chi connectivity index (χ2n) is 1.57. The molecule has 0 spiro atoms. The van der Waals surface area contributed by atoms with E-state index in [1.807, 2.05) is 6.08 Å². The summed E-state index contributed by atoms with van der Waals surface area (Å²) in [6, 6.07) is 4.18. The van der Waals surface area contributed by atoms with Crippen molar-refractivity contribution in [1.82, 2.24) is 0 Å². The van der Waals surface area contributed by atoms with Gasteiger partial charge in [-0.25, -0.2) is 0 Å². The maximum Gasteiger partial charge on any atom is 1.00 e. The SMILES string of the molecule is C=CCc1cccs1.[H-].[Li+]. The van der Waals surface area contributed by atoms with Gasteiger partial charge >= 0.3 is 18.9 Å². The van der Waals surface area contributed by atoms with Crippen molar-refractivity contribution in [2.24, 2.45) is 0 Å². The Labute approximate surface area is 73.3 Å². The van der Waals surface area contributed by atoms with Crippen LogP contribution in [0.5, 0.6) is 0 Å². The van der Waals surface area contributed by atoms with Gasteiger partial charge in [0.1, 0.15) is 0 Å². The molecule has 9 heavy (non-hydrogen) atoms. The smallest absolute Gasteiger partial charge is 1.00 e. The van der Waals surface area contributed by atoms with Crippen LogP contribution < -0.4 is 18.9 Å². The summed E-state index contributed by atoms with van der Waals surface area (Å²) in [6.45, 7) is 3.64. The Balaban J connectivity index is 0. The van der Waals surface area contributed by atoms with E-state index in [4.69, 9.17) is 0 Å². The van der Waals surface area contributed by atoms with Crippen LogP contribution in [0.3, 0.4) is 0 Å². The summed E-state index contributed by atoms with van der Waals surface area (Å²) in [4.78, 5) is 1.39. The molecule has 44 valence electrons. The Hall–Kier alpha value is 0.0374. The molecule has 0 fully saturated rings. The minimum atomic E-state index is 0. The van der Waals surface area contributed by atoms with Crippen molar-refractivity contribution in [1.29, 1.82) is 0 Å². The first-order valence-corrected chi connectivity index (χ1v) is 3.44. The van der Waals surface area contributed by atoms with E-state index in [1.165, 1.54) is 4.88 Å². The van der Waals surface area contributed by atoms with Gasteiger partial charge in [-0.05, 0) is 17.9 Å². The summed E-state index contributed by atoms with van der Waals surface area (Å²) in [5.74, 6) is 0. The fraction of sp³-hybridized carbons (Fsp3) is 0.143. The Morgan fingerprint density at radius 1 is 1.78 bits per heavy atom. The van der Waals surface area contributed by atoms with E-state index in [-0.39, 0.29) is 20.3 Å². The van der Waals surface area contributed by atoms with Gasteiger partial charge in [-0.15, -0.1) is 17.9 Å². The maximum absolute atomic E-state index is 3.64. The monoisotopic (exact) mass is 132 g/mol. The predicted molar refractivity (Wildman–Crippen MR) is 39.3 cm³/mol. The van der Waals surface area contributed by atoms with E-state index in [9.17, 15) is 0 Å². The van der Waals surface area contributed by atoms with E-state index in [1.54, 1.807) is 11.3 Å². The summed E-state index contributed by atoms with van der Waals surface area (Å²) in [5.41, 5.74) is 0. The fourth-order valence-corrected chi connectivity index (χ4v) is 1.27. The summed E-state index contributed by atoms with van der Waals surface area (Å²) < 4.78 is 0. The average Bonchev–Trinajstić information content (AvgIpc) is 2.19. The van der Waals surface area contributed by atoms with Crippen LogP contribution in [0.25, 0.3) is 0 Å². The first kappa shape index (κ1) is 9.04. The minimum absolute atomic E-state index is 0. The van der Waals surface area contributed by atoms with Crippen molar-refractivity contribution in [3.63, 3.8) is 0 Å². The van der Waals surface area contributed by atoms with Crippen LogP contribution in [0.1, 0.15) is 6.30 Å². The number of rotatable bonds is 2. The molecule has 0 aliphatic heterocycles. The van der Waals surface area contributed by atoms with E-state index in [2.05, 4.69) is 24.1 Å². The van der Waals surface area contributed by atoms with Gasteiger partial charge in [-0.2, -0.15) is 0 Å². The van der Waals surface area contributed by atoms with Crippen molar-refractivity contribution in [2.45, 2.75) is 6.42 Å². The van der Waals surface area contributed by atoms with Gasteiger partial charge in [-0.1, -0.05) is 12.1 Å². The van der Waals surface area contributed by atoms with Crippen LogP contribution in [0.15, 0.2) is 30.2 Å². The first-order chi connectivity index (χ1) is 3.93. The summed E-state index contributed by atoms with van der Waals surface area (Å²) in [5, 5.41) is 2.08. The zero-order chi connectivity index (χ0) is 5.82. The maximum atomic E-state index is 3.64. The third-order valence-electron chi connectivity index (χ3n) is 0.926. The van der Waals surface area contributed by atoms with E-state index < -0.39 is 0 Å². The van der Waals surface area contributed by atoms with Gasteiger partial charge in [0.15, 0.2) is 0 Å². The zero-order valence-electron chi connectivity index (χ0n) is 6.63. The Morgan fingerprint density at radius 2 is 2.56 bits per heavy atom. The Bertz CT molecular complexity index is 160. The molecule has 0 radical (unpaired) electrons. The van der Waals surface area contributed by atoms with Gasteiger partial charge in [0, 0.05) is 4.88 Å². The largest absolute Gasteiger partial charge is 1.00 e. The standard InChI is InChI=1S/C7H8S.Li.H/c1-2-4-7-5-3-6-8-7;;/h2-3,5-6H,1,4H2;;/q;+1;-1. The third kappa shape index (κ3) is 2.91. The number of hydrogen-bond acceptors (Lipinski definition) is 1. The molecule has 0 saturated carbocycles. The molecule has 0 aliphatic rings. The van der Waals surface area contributed by atoms with Gasteiger partial charge in [0.05, 0.1) is 0 Å². The van der Waals surface area contributed by atoms with Crippen molar-refractivity contribution < 1.29 is 20.3 Å². The van der Waals surface area contributed by atoms with Crippen molar-refractivity contribution in [3.05, 3.63) is 35.0 Å². The quantitative estimate of drug-likeness (QED) is 0.379. The van der Waals surface area contributed by atoms with Crippen LogP contribution in [0.4, 0.5) is 0 Å². The van der Waals surface area contributed by atoms with E-state index in [0.29, 0.717) is 0 Å². The second-order valence-corrected chi connectivity index (χ2v) is 2.60. The van der Waals surface area contributed by atoms with Gasteiger partial charge in [0.2, 0.25) is 0 Å². The van der Waals surface area contributed by atoms with Crippen molar-refractivity contribution >= 4 is 11.3 Å². The molecule has 0 bridgehead atoms. The van der Waals surface area contributed by atoms with E-state index >= 15 is 0 Å². The molecule has 0 nitrogen and oxygen atoms in total. The molecule has 0 unspecified atom stereocenters. The molecule has 0 N–H and O–H groups in total. The van der Waals surface area contributed by atoms with E-state index in [0.717, 1.165) is 6.42 Å². The zero-order valence-corrected chi connectivity index (χ0v) is 6.45. The topological polar surface area (TPSA) is 0 Å². The van der Waals surface area contributed by atoms with Crippen LogP contribution in [0.2, 0.25) is 0 Å². The molecule has 1 heterocycles. The molecule has 1 aromatic heterocycles. The Morgan fingerprint density at radius 3 is 3.00 bits per heavy atom. The molecule has 0 saturated heterocycles. The van der Waals surface area contributed by atoms with Crippen LogP contribution in [-0.2, 0) is 6.42 Å². The normalized spacial score (nSPS) is 8.00. The van der Waals surface area contributed by atoms with Gasteiger partial charge in [0.25, 0.3) is 0 Å². The molecule has 1 aromatic rings. The molecule has 0 atom stereocenters. The van der Waals surface area contributed by atoms with Gasteiger partial charge in [-0.3, -0.25) is 0 Å². The first-order valence-electron chi connectivity index (χ1n) is 2.57. The van der Waals surface area contributed by atoms with Crippen LogP contribution in [-0.4, -0.2) is 0 Å². The minimum Gasteiger partial charge on any atom is -1.00 e. The predicted octanol–water partition coefficient (Wildman–Crippen LogP) is -0.407. The van der Waals surface area contributed by atoms with Crippen molar-refractivity contribution in [2.75, 3.05) is 0 Å². The third-order valence-corrected chi connectivity index (χ3v) is 1.82. The number of thiophene rings is 1. The molecule has 1 rings (SSSR count). The molecule has 0 aliphatic carbocycles. The summed E-state index contributed by atoms with van der Waals surface area (Å²) >= 11 is 1.78. The second kappa shape index (κ2) is 4.87. The summed E-state index contributed by atoms with van der Waals surface area (Å²) in [6.07, 6.45) is 2.93. The van der Waals surface area contributed by atoms with Gasteiger partial charge < -0.3 is 1.43 Å². The molecule has 2 heteroatoms. The fourth-order valence-electron chi connectivity index (χ4n) is 0.571. The van der Waals surface area contributed by atoms with Crippen LogP contribution >= 0.6 is 11.3 Å². The van der Waals surface area contributed by atoms with Crippen LogP contribution in [0, 0.1) is 0 Å². The molecular formula is C7H9LiS. The molecule has 0 aromatic carbocycles. The summed E-state index contributed by atoms with van der Waals surface area (Å²) in [7, 11) is 0. The van der Waals surface area contributed by atoms with Crippen molar-refractivity contribution in [3.8, 4) is 0 Å². The number of allylic oxidation sites excluding steroid dienone is 1. The Kier molecular flexibility index (Phi) is 4.89. The molecular weight excluding hydrogens is 123 g/mol. The number of hydrogen-bond donors (Lipinski definition) is 0. The average molecular weight is 132 g/mol.